The van der Waals surface area contributed by atoms with Gasteiger partial charge in [-0.1, -0.05) is 18.2 Å². The van der Waals surface area contributed by atoms with Gasteiger partial charge in [0, 0.05) is 17.1 Å². The fourth-order valence-electron chi connectivity index (χ4n) is 1.28. The van der Waals surface area contributed by atoms with Crippen LogP contribution in [0.25, 0.3) is 0 Å². The van der Waals surface area contributed by atoms with Crippen LogP contribution in [0.1, 0.15) is 5.56 Å². The molecule has 0 amide bonds. The summed E-state index contributed by atoms with van der Waals surface area (Å²) < 4.78 is 31.5. The van der Waals surface area contributed by atoms with Gasteiger partial charge in [-0.2, -0.15) is 12.1 Å². The average Bonchev–Trinajstić information content (AvgIpc) is 2.42. The van der Waals surface area contributed by atoms with E-state index >= 15 is 0 Å². The number of rotatable bonds is 3. The third-order valence-corrected chi connectivity index (χ3v) is 2.12. The molecule has 0 radical (unpaired) electrons. The van der Waals surface area contributed by atoms with Gasteiger partial charge in [-0.25, -0.2) is 4.39 Å². The summed E-state index contributed by atoms with van der Waals surface area (Å²) in [5.41, 5.74) is 0.398. The van der Waals surface area contributed by atoms with Crippen LogP contribution in [0.15, 0.2) is 42.5 Å². The van der Waals surface area contributed by atoms with Crippen molar-refractivity contribution in [1.29, 1.82) is 0 Å². The Morgan fingerprint density at radius 3 is 2.50 bits per heavy atom. The molecule has 0 heterocycles. The molecule has 0 aromatic heterocycles. The molecule has 0 atom stereocenters. The van der Waals surface area contributed by atoms with E-state index in [-0.39, 0.29) is 18.2 Å². The predicted molar refractivity (Wildman–Crippen MR) is 64.9 cm³/mol. The van der Waals surface area contributed by atoms with E-state index in [1.807, 2.05) is 0 Å². The van der Waals surface area contributed by atoms with E-state index in [0.29, 0.717) is 5.56 Å². The second kappa shape index (κ2) is 8.33. The van der Waals surface area contributed by atoms with Crippen LogP contribution in [-0.4, -0.2) is 0 Å². The molecule has 0 aliphatic heterocycles. The van der Waals surface area contributed by atoms with Crippen LogP contribution >= 0.6 is 13.6 Å². The Balaban J connectivity index is 0.000000771. The molecule has 90 valence electrons. The summed E-state index contributed by atoms with van der Waals surface area (Å²) in [7, 11) is 0. The monoisotopic (exact) mass is 362 g/mol. The van der Waals surface area contributed by atoms with E-state index in [9.17, 15) is 8.78 Å². The van der Waals surface area contributed by atoms with Crippen LogP contribution in [0.5, 0.6) is 5.75 Å². The Morgan fingerprint density at radius 1 is 1.11 bits per heavy atom. The molecule has 0 bridgehead atoms. The molecular formula is C13H9BrF2OZn. The molecule has 0 aliphatic rings. The van der Waals surface area contributed by atoms with Crippen molar-refractivity contribution in [3.63, 3.8) is 0 Å². The van der Waals surface area contributed by atoms with Gasteiger partial charge in [0.05, 0.1) is 0 Å². The van der Waals surface area contributed by atoms with Gasteiger partial charge in [-0.05, 0) is 6.07 Å². The fraction of sp³-hybridized carbons (Fsp3) is 0.0769. The van der Waals surface area contributed by atoms with E-state index in [1.165, 1.54) is 34.5 Å². The minimum absolute atomic E-state index is 0.00755. The second-order valence-electron chi connectivity index (χ2n) is 3.24. The average molecular weight is 365 g/mol. The Bertz CT molecular complexity index is 448. The third-order valence-electron chi connectivity index (χ3n) is 2.12. The molecular weight excluding hydrogens is 355 g/mol. The Morgan fingerprint density at radius 2 is 1.83 bits per heavy atom. The topological polar surface area (TPSA) is 9.23 Å². The van der Waals surface area contributed by atoms with Gasteiger partial charge < -0.3 is 4.74 Å². The SMILES string of the molecule is Fc1ccccc1COc1cc[c-]cc1F.[Zn+][Br]. The molecule has 1 nitrogen and oxygen atoms in total. The van der Waals surface area contributed by atoms with Crippen molar-refractivity contribution in [3.05, 3.63) is 65.7 Å². The first-order valence-electron chi connectivity index (χ1n) is 5.06. The first-order valence-corrected chi connectivity index (χ1v) is 12.0. The van der Waals surface area contributed by atoms with Gasteiger partial charge in [-0.15, -0.1) is 12.1 Å². The van der Waals surface area contributed by atoms with Crippen molar-refractivity contribution >= 4 is 13.6 Å². The molecule has 2 aromatic rings. The number of hydrogen-bond donors (Lipinski definition) is 0. The standard InChI is InChI=1S/C13H9F2O.BrH.Zn/c14-11-6-2-1-5-10(11)9-16-13-8-4-3-7-12(13)15;;/h1-2,4-8H,9H2;1H;/q-1;;+2/p-1. The zero-order chi connectivity index (χ0) is 13.4. The van der Waals surface area contributed by atoms with Crippen molar-refractivity contribution < 1.29 is 29.9 Å². The summed E-state index contributed by atoms with van der Waals surface area (Å²) in [6.45, 7) is 0.00755. The van der Waals surface area contributed by atoms with E-state index in [4.69, 9.17) is 4.74 Å². The van der Waals surface area contributed by atoms with Gasteiger partial charge in [0.25, 0.3) is 0 Å². The number of halogens is 3. The molecule has 5 heteroatoms. The van der Waals surface area contributed by atoms with Crippen molar-refractivity contribution in [3.8, 4) is 5.75 Å². The van der Waals surface area contributed by atoms with Crippen LogP contribution < -0.4 is 4.74 Å². The van der Waals surface area contributed by atoms with E-state index < -0.39 is 5.82 Å². The summed E-state index contributed by atoms with van der Waals surface area (Å²) >= 11 is 4.25. The van der Waals surface area contributed by atoms with Gasteiger partial charge in [0.1, 0.15) is 12.4 Å². The Kier molecular flexibility index (Phi) is 7.06. The van der Waals surface area contributed by atoms with E-state index in [0.717, 1.165) is 0 Å². The van der Waals surface area contributed by atoms with Gasteiger partial charge in [0.2, 0.25) is 0 Å². The second-order valence-corrected chi connectivity index (χ2v) is 3.24. The molecule has 18 heavy (non-hydrogen) atoms. The predicted octanol–water partition coefficient (Wildman–Crippen LogP) is 4.19. The molecule has 0 N–H and O–H groups in total. The van der Waals surface area contributed by atoms with E-state index in [1.54, 1.807) is 24.3 Å². The molecule has 0 saturated carbocycles. The summed E-state index contributed by atoms with van der Waals surface area (Å²) in [5.74, 6) is -0.758. The van der Waals surface area contributed by atoms with Crippen molar-refractivity contribution in [2.24, 2.45) is 0 Å². The van der Waals surface area contributed by atoms with Crippen LogP contribution in [0.3, 0.4) is 0 Å². The van der Waals surface area contributed by atoms with Crippen molar-refractivity contribution in [2.45, 2.75) is 6.61 Å². The number of hydrogen-bond acceptors (Lipinski definition) is 1. The zero-order valence-corrected chi connectivity index (χ0v) is 14.1. The van der Waals surface area contributed by atoms with Crippen LogP contribution in [0, 0.1) is 17.7 Å². The van der Waals surface area contributed by atoms with Gasteiger partial charge in [-0.3, -0.25) is 4.39 Å². The first-order chi connectivity index (χ1) is 8.77. The number of ether oxygens (including phenoxy) is 1. The molecule has 0 unspecified atom stereocenters. The third kappa shape index (κ3) is 4.47. The molecule has 0 spiro atoms. The molecule has 2 rings (SSSR count). The zero-order valence-electron chi connectivity index (χ0n) is 9.50. The molecule has 0 fully saturated rings. The van der Waals surface area contributed by atoms with Crippen molar-refractivity contribution in [2.75, 3.05) is 0 Å². The summed E-state index contributed by atoms with van der Waals surface area (Å²) in [5, 5.41) is 0. The maximum atomic E-state index is 13.2. The van der Waals surface area contributed by atoms with Crippen LogP contribution in [-0.2, 0) is 22.9 Å². The fourth-order valence-corrected chi connectivity index (χ4v) is 1.28. The van der Waals surface area contributed by atoms with Gasteiger partial charge >= 0.3 is 30.0 Å². The quantitative estimate of drug-likeness (QED) is 0.586. The molecule has 0 aliphatic carbocycles. The van der Waals surface area contributed by atoms with Crippen LogP contribution in [0.2, 0.25) is 0 Å². The summed E-state index contributed by atoms with van der Waals surface area (Å²) in [6, 6.07) is 13.0. The van der Waals surface area contributed by atoms with Crippen LogP contribution in [0.4, 0.5) is 8.78 Å². The molecule has 0 saturated heterocycles. The van der Waals surface area contributed by atoms with E-state index in [2.05, 4.69) is 19.7 Å². The molecule has 2 aromatic carbocycles. The minimum atomic E-state index is -0.501. The summed E-state index contributed by atoms with van der Waals surface area (Å²) in [6.07, 6.45) is 0. The Hall–Kier alpha value is -0.797. The van der Waals surface area contributed by atoms with Crippen molar-refractivity contribution in [1.82, 2.24) is 0 Å². The normalized spacial score (nSPS) is 9.39. The summed E-state index contributed by atoms with van der Waals surface area (Å²) in [4.78, 5) is 0. The Labute approximate surface area is 121 Å². The maximum absolute atomic E-state index is 13.2. The number of benzene rings is 2. The van der Waals surface area contributed by atoms with Gasteiger partial charge in [0.15, 0.2) is 0 Å². The first kappa shape index (κ1) is 15.3.